The van der Waals surface area contributed by atoms with E-state index in [0.717, 1.165) is 43.7 Å². The van der Waals surface area contributed by atoms with E-state index in [9.17, 15) is 4.79 Å². The Morgan fingerprint density at radius 1 is 1.40 bits per heavy atom. The van der Waals surface area contributed by atoms with Gasteiger partial charge in [0.15, 0.2) is 0 Å². The summed E-state index contributed by atoms with van der Waals surface area (Å²) in [7, 11) is 0. The van der Waals surface area contributed by atoms with Crippen LogP contribution in [0.1, 0.15) is 5.82 Å². The summed E-state index contributed by atoms with van der Waals surface area (Å²) < 4.78 is 9.72. The van der Waals surface area contributed by atoms with Crippen LogP contribution in [0.25, 0.3) is 0 Å². The van der Waals surface area contributed by atoms with E-state index >= 15 is 0 Å². The molecule has 3 rings (SSSR count). The highest BCUT2D eigenvalue weighted by Gasteiger charge is 2.29. The number of rotatable bonds is 2. The maximum Gasteiger partial charge on any atom is 0.253 e. The van der Waals surface area contributed by atoms with E-state index in [-0.39, 0.29) is 12.0 Å². The first-order valence-electron chi connectivity index (χ1n) is 6.90. The Hall–Kier alpha value is -1.25. The number of aryl methyl sites for hydroxylation is 1. The first-order chi connectivity index (χ1) is 9.74. The largest absolute Gasteiger partial charge is 0.366 e. The summed E-state index contributed by atoms with van der Waals surface area (Å²) >= 11 is 1.42. The number of hydrogen-bond donors (Lipinski definition) is 1. The number of hydrogen-bond acceptors (Lipinski definition) is 7. The normalized spacial score (nSPS) is 23.9. The molecule has 7 nitrogen and oxygen atoms in total. The molecule has 2 aliphatic heterocycles. The molecule has 0 spiro atoms. The fourth-order valence-corrected chi connectivity index (χ4v) is 3.19. The Labute approximate surface area is 122 Å². The van der Waals surface area contributed by atoms with Crippen LogP contribution in [0, 0.1) is 6.92 Å². The van der Waals surface area contributed by atoms with Gasteiger partial charge in [-0.2, -0.15) is 4.37 Å². The van der Waals surface area contributed by atoms with Crippen LogP contribution in [0.3, 0.4) is 0 Å². The fourth-order valence-electron chi connectivity index (χ4n) is 2.46. The third-order valence-electron chi connectivity index (χ3n) is 3.58. The van der Waals surface area contributed by atoms with Crippen molar-refractivity contribution in [1.82, 2.24) is 19.6 Å². The molecular formula is C12H19N5O2S. The van der Waals surface area contributed by atoms with Crippen molar-refractivity contribution < 1.29 is 9.53 Å². The van der Waals surface area contributed by atoms with E-state index in [0.29, 0.717) is 13.2 Å². The first-order valence-corrected chi connectivity index (χ1v) is 7.68. The van der Waals surface area contributed by atoms with Gasteiger partial charge in [-0.15, -0.1) is 0 Å². The molecule has 110 valence electrons. The molecule has 1 N–H and O–H groups in total. The minimum Gasteiger partial charge on any atom is -0.366 e. The molecular weight excluding hydrogens is 278 g/mol. The minimum atomic E-state index is -0.320. The minimum absolute atomic E-state index is 0.102. The topological polar surface area (TPSA) is 70.6 Å². The highest BCUT2D eigenvalue weighted by atomic mass is 32.1. The van der Waals surface area contributed by atoms with E-state index in [1.54, 1.807) is 0 Å². The first kappa shape index (κ1) is 13.7. The lowest BCUT2D eigenvalue weighted by Gasteiger charge is -2.36. The summed E-state index contributed by atoms with van der Waals surface area (Å²) in [6.45, 7) is 7.01. The molecule has 0 radical (unpaired) electrons. The summed E-state index contributed by atoms with van der Waals surface area (Å²) in [6, 6.07) is 0. The summed E-state index contributed by atoms with van der Waals surface area (Å²) in [6.07, 6.45) is -0.320. The zero-order valence-corrected chi connectivity index (χ0v) is 12.4. The molecule has 1 unspecified atom stereocenters. The number of nitrogens with zero attached hydrogens (tertiary/aromatic N) is 4. The molecule has 1 atom stereocenters. The molecule has 1 aromatic rings. The number of carbonyl (C=O) groups is 1. The number of amides is 1. The molecule has 1 amide bonds. The third kappa shape index (κ3) is 2.92. The van der Waals surface area contributed by atoms with Gasteiger partial charge in [-0.1, -0.05) is 0 Å². The molecule has 0 saturated carbocycles. The van der Waals surface area contributed by atoms with Gasteiger partial charge in [0, 0.05) is 50.8 Å². The van der Waals surface area contributed by atoms with Gasteiger partial charge in [-0.05, 0) is 6.92 Å². The molecule has 0 aromatic carbocycles. The van der Waals surface area contributed by atoms with Crippen molar-refractivity contribution in [3.63, 3.8) is 0 Å². The zero-order chi connectivity index (χ0) is 13.9. The summed E-state index contributed by atoms with van der Waals surface area (Å²) in [4.78, 5) is 20.8. The predicted octanol–water partition coefficient (Wildman–Crippen LogP) is -0.516. The fraction of sp³-hybridized carbons (Fsp3) is 0.750. The number of anilines is 1. The highest BCUT2D eigenvalue weighted by Crippen LogP contribution is 2.19. The van der Waals surface area contributed by atoms with E-state index in [1.165, 1.54) is 11.5 Å². The molecule has 2 fully saturated rings. The Morgan fingerprint density at radius 3 is 2.80 bits per heavy atom. The average molecular weight is 297 g/mol. The van der Waals surface area contributed by atoms with Gasteiger partial charge in [0.1, 0.15) is 11.9 Å². The van der Waals surface area contributed by atoms with Gasteiger partial charge in [-0.25, -0.2) is 4.98 Å². The van der Waals surface area contributed by atoms with Gasteiger partial charge in [-0.3, -0.25) is 4.79 Å². The number of piperazine rings is 1. The highest BCUT2D eigenvalue weighted by molar-refractivity contribution is 7.09. The van der Waals surface area contributed by atoms with Gasteiger partial charge < -0.3 is 19.9 Å². The van der Waals surface area contributed by atoms with Crippen molar-refractivity contribution in [3.05, 3.63) is 5.82 Å². The predicted molar refractivity (Wildman–Crippen MR) is 76.0 cm³/mol. The Morgan fingerprint density at radius 2 is 2.20 bits per heavy atom. The smallest absolute Gasteiger partial charge is 0.253 e. The Balaban J connectivity index is 1.54. The lowest BCUT2D eigenvalue weighted by atomic mass is 10.2. The summed E-state index contributed by atoms with van der Waals surface area (Å²) in [5, 5.41) is 4.14. The quantitative estimate of drug-likeness (QED) is 0.792. The molecule has 20 heavy (non-hydrogen) atoms. The zero-order valence-electron chi connectivity index (χ0n) is 11.5. The molecule has 0 bridgehead atoms. The van der Waals surface area contributed by atoms with Crippen LogP contribution in [-0.4, -0.2) is 72.1 Å². The average Bonchev–Trinajstić information content (AvgIpc) is 2.94. The summed E-state index contributed by atoms with van der Waals surface area (Å²) in [5.74, 6) is 0.912. The van der Waals surface area contributed by atoms with E-state index < -0.39 is 0 Å². The molecule has 2 saturated heterocycles. The monoisotopic (exact) mass is 297 g/mol. The van der Waals surface area contributed by atoms with Crippen LogP contribution in [0.5, 0.6) is 0 Å². The second-order valence-electron chi connectivity index (χ2n) is 5.00. The van der Waals surface area contributed by atoms with Crippen LogP contribution < -0.4 is 10.2 Å². The number of carbonyl (C=O) groups excluding carboxylic acids is 1. The summed E-state index contributed by atoms with van der Waals surface area (Å²) in [5.41, 5.74) is 0. The van der Waals surface area contributed by atoms with Crippen LogP contribution in [0.2, 0.25) is 0 Å². The second kappa shape index (κ2) is 6.02. The molecule has 3 heterocycles. The van der Waals surface area contributed by atoms with Crippen molar-refractivity contribution >= 4 is 22.6 Å². The molecule has 2 aliphatic rings. The van der Waals surface area contributed by atoms with Gasteiger partial charge in [0.25, 0.3) is 5.91 Å². The Kier molecular flexibility index (Phi) is 4.13. The number of morpholine rings is 1. The van der Waals surface area contributed by atoms with Crippen molar-refractivity contribution in [2.75, 3.05) is 50.8 Å². The van der Waals surface area contributed by atoms with Crippen molar-refractivity contribution in [1.29, 1.82) is 0 Å². The number of aromatic nitrogens is 2. The molecule has 1 aromatic heterocycles. The van der Waals surface area contributed by atoms with Crippen molar-refractivity contribution in [2.45, 2.75) is 13.0 Å². The van der Waals surface area contributed by atoms with Crippen LogP contribution >= 0.6 is 11.5 Å². The van der Waals surface area contributed by atoms with Gasteiger partial charge >= 0.3 is 0 Å². The van der Waals surface area contributed by atoms with Gasteiger partial charge in [0.05, 0.1) is 6.61 Å². The maximum atomic E-state index is 12.3. The number of ether oxygens (including phenoxy) is 1. The Bertz CT molecular complexity index is 466. The van der Waals surface area contributed by atoms with Gasteiger partial charge in [0.2, 0.25) is 5.13 Å². The van der Waals surface area contributed by atoms with Crippen LogP contribution in [0.15, 0.2) is 0 Å². The van der Waals surface area contributed by atoms with E-state index in [1.807, 2.05) is 11.8 Å². The lowest BCUT2D eigenvalue weighted by Crippen LogP contribution is -2.55. The van der Waals surface area contributed by atoms with E-state index in [2.05, 4.69) is 19.6 Å². The van der Waals surface area contributed by atoms with Crippen LogP contribution in [0.4, 0.5) is 5.13 Å². The van der Waals surface area contributed by atoms with E-state index in [4.69, 9.17) is 4.74 Å². The molecule has 0 aliphatic carbocycles. The standard InChI is InChI=1S/C12H19N5O2S/c1-9-14-12(20-15-9)17-5-3-16(4-6-17)11(18)10-8-13-2-7-19-10/h10,13H,2-8H2,1H3. The molecule has 8 heteroatoms. The third-order valence-corrected chi connectivity index (χ3v) is 4.45. The van der Waals surface area contributed by atoms with Crippen LogP contribution in [-0.2, 0) is 9.53 Å². The van der Waals surface area contributed by atoms with Crippen molar-refractivity contribution in [3.8, 4) is 0 Å². The second-order valence-corrected chi connectivity index (χ2v) is 5.73. The number of nitrogens with one attached hydrogen (secondary N) is 1. The SMILES string of the molecule is Cc1nsc(N2CCN(C(=O)C3CNCCO3)CC2)n1. The van der Waals surface area contributed by atoms with Crippen molar-refractivity contribution in [2.24, 2.45) is 0 Å². The lowest BCUT2D eigenvalue weighted by molar-refractivity contribution is -0.145. The maximum absolute atomic E-state index is 12.3.